The van der Waals surface area contributed by atoms with E-state index in [-0.39, 0.29) is 19.3 Å². The first-order valence-electron chi connectivity index (χ1n) is 10.8. The number of benzene rings is 4. The van der Waals surface area contributed by atoms with Gasteiger partial charge >= 0.3 is 0 Å². The summed E-state index contributed by atoms with van der Waals surface area (Å²) in [6.45, 7) is 2.69. The van der Waals surface area contributed by atoms with Crippen LogP contribution in [0.2, 0.25) is 0 Å². The summed E-state index contributed by atoms with van der Waals surface area (Å²) in [7, 11) is 0. The quantitative estimate of drug-likeness (QED) is 0.397. The predicted octanol–water partition coefficient (Wildman–Crippen LogP) is 5.51. The molecule has 1 aliphatic heterocycles. The summed E-state index contributed by atoms with van der Waals surface area (Å²) in [4.78, 5) is 12.5. The van der Waals surface area contributed by atoms with Crippen LogP contribution < -0.4 is 24.8 Å². The number of rotatable bonds is 7. The highest BCUT2D eigenvalue weighted by atomic mass is 16.7. The Morgan fingerprint density at radius 1 is 0.909 bits per heavy atom. The van der Waals surface area contributed by atoms with E-state index in [4.69, 9.17) is 14.2 Å². The molecule has 1 aliphatic rings. The number of hydrogen-bond donors (Lipinski definition) is 2. The molecule has 0 atom stereocenters. The summed E-state index contributed by atoms with van der Waals surface area (Å²) in [6.07, 6.45) is 0. The number of carbonyl (C=O) groups excluding carboxylic acids is 1. The number of ether oxygens (including phenoxy) is 3. The molecule has 1 amide bonds. The fourth-order valence-corrected chi connectivity index (χ4v) is 3.81. The summed E-state index contributed by atoms with van der Waals surface area (Å²) in [6, 6.07) is 25.5. The van der Waals surface area contributed by atoms with Gasteiger partial charge in [0, 0.05) is 29.5 Å². The molecule has 0 aliphatic carbocycles. The van der Waals surface area contributed by atoms with Crippen LogP contribution in [-0.4, -0.2) is 19.3 Å². The molecular formula is C27H24N2O4. The lowest BCUT2D eigenvalue weighted by molar-refractivity contribution is -0.118. The van der Waals surface area contributed by atoms with Crippen molar-refractivity contribution in [1.82, 2.24) is 0 Å². The van der Waals surface area contributed by atoms with E-state index >= 15 is 0 Å². The second-order valence-electron chi connectivity index (χ2n) is 7.89. The minimum absolute atomic E-state index is 0.0801. The molecule has 4 aromatic rings. The summed E-state index contributed by atoms with van der Waals surface area (Å²) < 4.78 is 16.8. The van der Waals surface area contributed by atoms with E-state index in [1.807, 2.05) is 73.7 Å². The van der Waals surface area contributed by atoms with Crippen LogP contribution in [-0.2, 0) is 11.3 Å². The molecule has 0 radical (unpaired) electrons. The van der Waals surface area contributed by atoms with Crippen LogP contribution in [0.5, 0.6) is 17.2 Å². The van der Waals surface area contributed by atoms with Gasteiger partial charge in [-0.2, -0.15) is 0 Å². The standard InChI is InChI=1S/C27H24N2O4/c1-18-6-9-20(10-7-18)29-27(30)16-31-24-12-8-19-4-2-3-5-22(19)23(24)15-28-21-11-13-25-26(14-21)33-17-32-25/h2-14,28H,15-17H2,1H3,(H,29,30). The largest absolute Gasteiger partial charge is 0.483 e. The minimum atomic E-state index is -0.207. The Morgan fingerprint density at radius 2 is 1.70 bits per heavy atom. The first-order valence-corrected chi connectivity index (χ1v) is 10.8. The Hall–Kier alpha value is -4.19. The Balaban J connectivity index is 1.33. The third-order valence-corrected chi connectivity index (χ3v) is 5.53. The van der Waals surface area contributed by atoms with Gasteiger partial charge in [-0.3, -0.25) is 4.79 Å². The second-order valence-corrected chi connectivity index (χ2v) is 7.89. The zero-order valence-electron chi connectivity index (χ0n) is 18.3. The van der Waals surface area contributed by atoms with Crippen LogP contribution in [0.1, 0.15) is 11.1 Å². The van der Waals surface area contributed by atoms with Gasteiger partial charge in [-0.15, -0.1) is 0 Å². The molecule has 0 fully saturated rings. The molecule has 6 nitrogen and oxygen atoms in total. The Bertz CT molecular complexity index is 1300. The molecule has 1 heterocycles. The first kappa shape index (κ1) is 20.7. The van der Waals surface area contributed by atoms with Gasteiger partial charge < -0.3 is 24.8 Å². The van der Waals surface area contributed by atoms with Gasteiger partial charge in [0.25, 0.3) is 5.91 Å². The molecule has 0 saturated heterocycles. The topological polar surface area (TPSA) is 68.8 Å². The van der Waals surface area contributed by atoms with Crippen molar-refractivity contribution in [3.63, 3.8) is 0 Å². The molecular weight excluding hydrogens is 416 g/mol. The maximum absolute atomic E-state index is 12.5. The molecule has 2 N–H and O–H groups in total. The van der Waals surface area contributed by atoms with E-state index in [1.54, 1.807) is 0 Å². The Labute approximate surface area is 192 Å². The number of carbonyl (C=O) groups is 1. The third kappa shape index (κ3) is 4.70. The first-order chi connectivity index (χ1) is 16.2. The molecule has 4 aromatic carbocycles. The Morgan fingerprint density at radius 3 is 2.58 bits per heavy atom. The van der Waals surface area contributed by atoms with Crippen LogP contribution in [0, 0.1) is 6.92 Å². The maximum Gasteiger partial charge on any atom is 0.262 e. The molecule has 0 spiro atoms. The summed E-state index contributed by atoms with van der Waals surface area (Å²) in [5.74, 6) is 1.93. The van der Waals surface area contributed by atoms with Gasteiger partial charge in [0.05, 0.1) is 0 Å². The summed E-state index contributed by atoms with van der Waals surface area (Å²) >= 11 is 0. The summed E-state index contributed by atoms with van der Waals surface area (Å²) in [5.41, 5.74) is 3.78. The lowest BCUT2D eigenvalue weighted by atomic mass is 10.0. The maximum atomic E-state index is 12.5. The van der Waals surface area contributed by atoms with Crippen LogP contribution in [0.3, 0.4) is 0 Å². The number of aryl methyl sites for hydroxylation is 1. The van der Waals surface area contributed by atoms with Gasteiger partial charge in [0.15, 0.2) is 18.1 Å². The van der Waals surface area contributed by atoms with Crippen molar-refractivity contribution < 1.29 is 19.0 Å². The summed E-state index contributed by atoms with van der Waals surface area (Å²) in [5, 5.41) is 8.49. The fraction of sp³-hybridized carbons (Fsp3) is 0.148. The lowest BCUT2D eigenvalue weighted by Crippen LogP contribution is -2.20. The molecule has 0 unspecified atom stereocenters. The lowest BCUT2D eigenvalue weighted by Gasteiger charge is -2.16. The van der Waals surface area contributed by atoms with Crippen LogP contribution in [0.4, 0.5) is 11.4 Å². The normalized spacial score (nSPS) is 11.9. The van der Waals surface area contributed by atoms with E-state index in [2.05, 4.69) is 22.8 Å². The number of nitrogens with one attached hydrogen (secondary N) is 2. The highest BCUT2D eigenvalue weighted by molar-refractivity contribution is 5.92. The van der Waals surface area contributed by atoms with E-state index in [0.29, 0.717) is 12.3 Å². The van der Waals surface area contributed by atoms with Crippen LogP contribution in [0.15, 0.2) is 78.9 Å². The molecule has 0 saturated carbocycles. The average molecular weight is 440 g/mol. The van der Waals surface area contributed by atoms with Crippen molar-refractivity contribution in [2.45, 2.75) is 13.5 Å². The van der Waals surface area contributed by atoms with Gasteiger partial charge in [-0.25, -0.2) is 0 Å². The smallest absolute Gasteiger partial charge is 0.262 e. The van der Waals surface area contributed by atoms with Crippen molar-refractivity contribution in [3.8, 4) is 17.2 Å². The van der Waals surface area contributed by atoms with Crippen molar-refractivity contribution >= 4 is 28.1 Å². The zero-order chi connectivity index (χ0) is 22.6. The highest BCUT2D eigenvalue weighted by Gasteiger charge is 2.15. The number of anilines is 2. The van der Waals surface area contributed by atoms with Crippen molar-refractivity contribution in [2.75, 3.05) is 24.0 Å². The number of hydrogen-bond acceptors (Lipinski definition) is 5. The van der Waals surface area contributed by atoms with Gasteiger partial charge in [-0.1, -0.05) is 48.0 Å². The van der Waals surface area contributed by atoms with Gasteiger partial charge in [0.1, 0.15) is 5.75 Å². The third-order valence-electron chi connectivity index (χ3n) is 5.53. The van der Waals surface area contributed by atoms with E-state index in [0.717, 1.165) is 44.8 Å². The van der Waals surface area contributed by atoms with Gasteiger partial charge in [0.2, 0.25) is 6.79 Å². The van der Waals surface area contributed by atoms with E-state index in [9.17, 15) is 4.79 Å². The van der Waals surface area contributed by atoms with Crippen molar-refractivity contribution in [3.05, 3.63) is 90.0 Å². The van der Waals surface area contributed by atoms with Crippen LogP contribution >= 0.6 is 0 Å². The van der Waals surface area contributed by atoms with Crippen LogP contribution in [0.25, 0.3) is 10.8 Å². The van der Waals surface area contributed by atoms with E-state index < -0.39 is 0 Å². The average Bonchev–Trinajstić information content (AvgIpc) is 3.31. The highest BCUT2D eigenvalue weighted by Crippen LogP contribution is 2.35. The minimum Gasteiger partial charge on any atom is -0.483 e. The van der Waals surface area contributed by atoms with Crippen molar-refractivity contribution in [2.24, 2.45) is 0 Å². The number of fused-ring (bicyclic) bond motifs is 2. The predicted molar refractivity (Wildman–Crippen MR) is 129 cm³/mol. The molecule has 166 valence electrons. The molecule has 0 bridgehead atoms. The number of amides is 1. The fourth-order valence-electron chi connectivity index (χ4n) is 3.81. The molecule has 6 heteroatoms. The molecule has 0 aromatic heterocycles. The second kappa shape index (κ2) is 9.12. The monoisotopic (exact) mass is 440 g/mol. The van der Waals surface area contributed by atoms with Crippen molar-refractivity contribution in [1.29, 1.82) is 0 Å². The molecule has 33 heavy (non-hydrogen) atoms. The van der Waals surface area contributed by atoms with Gasteiger partial charge in [-0.05, 0) is 48.0 Å². The molecule has 5 rings (SSSR count). The van der Waals surface area contributed by atoms with E-state index in [1.165, 1.54) is 0 Å². The SMILES string of the molecule is Cc1ccc(NC(=O)COc2ccc3ccccc3c2CNc2ccc3c(c2)OCO3)cc1. The zero-order valence-corrected chi connectivity index (χ0v) is 18.3. The Kier molecular flexibility index (Phi) is 5.72.